The highest BCUT2D eigenvalue weighted by atomic mass is 16.5. The summed E-state index contributed by atoms with van der Waals surface area (Å²) in [5, 5.41) is 0. The van der Waals surface area contributed by atoms with E-state index in [0.717, 1.165) is 30.4 Å². The fourth-order valence-corrected chi connectivity index (χ4v) is 3.01. The van der Waals surface area contributed by atoms with E-state index < -0.39 is 0 Å². The first-order valence-electron chi connectivity index (χ1n) is 8.12. The van der Waals surface area contributed by atoms with Crippen molar-refractivity contribution in [2.75, 3.05) is 33.3 Å². The zero-order valence-electron chi connectivity index (χ0n) is 13.4. The molecule has 0 N–H and O–H groups in total. The number of hydrogen-bond acceptors (Lipinski definition) is 2. The van der Waals surface area contributed by atoms with Gasteiger partial charge in [-0.15, -0.1) is 0 Å². The molecule has 1 aromatic carbocycles. The minimum absolute atomic E-state index is 0.0386. The van der Waals surface area contributed by atoms with Gasteiger partial charge in [-0.2, -0.15) is 0 Å². The minimum Gasteiger partial charge on any atom is -0.462 e. The molecule has 0 aromatic heterocycles. The quantitative estimate of drug-likeness (QED) is 0.457. The van der Waals surface area contributed by atoms with Crippen LogP contribution in [0.4, 0.5) is 0 Å². The van der Waals surface area contributed by atoms with Gasteiger partial charge < -0.3 is 9.22 Å². The van der Waals surface area contributed by atoms with Crippen molar-refractivity contribution >= 4 is 5.97 Å². The van der Waals surface area contributed by atoms with Gasteiger partial charge in [0.2, 0.25) is 0 Å². The molecule has 3 nitrogen and oxygen atoms in total. The lowest BCUT2D eigenvalue weighted by atomic mass is 10.1. The molecule has 1 aliphatic rings. The molecule has 1 saturated heterocycles. The monoisotopic (exact) mass is 290 g/mol. The van der Waals surface area contributed by atoms with Gasteiger partial charge in [0.25, 0.3) is 0 Å². The predicted octanol–water partition coefficient (Wildman–Crippen LogP) is 3.10. The van der Waals surface area contributed by atoms with Crippen LogP contribution in [0.15, 0.2) is 24.3 Å². The summed E-state index contributed by atoms with van der Waals surface area (Å²) in [6, 6.07) is 8.56. The van der Waals surface area contributed by atoms with Crippen molar-refractivity contribution < 1.29 is 14.0 Å². The first-order chi connectivity index (χ1) is 10.1. The van der Waals surface area contributed by atoms with Crippen LogP contribution < -0.4 is 0 Å². The zero-order valence-corrected chi connectivity index (χ0v) is 13.4. The van der Waals surface area contributed by atoms with Crippen molar-refractivity contribution in [1.82, 2.24) is 0 Å². The zero-order chi connectivity index (χ0) is 15.1. The molecular weight excluding hydrogens is 262 g/mol. The Morgan fingerprint density at radius 1 is 1.14 bits per heavy atom. The van der Waals surface area contributed by atoms with E-state index in [-0.39, 0.29) is 5.97 Å². The number of carbonyl (C=O) groups excluding carboxylic acids is 1. The summed E-state index contributed by atoms with van der Waals surface area (Å²) in [7, 11) is 2.17. The molecule has 0 radical (unpaired) electrons. The highest BCUT2D eigenvalue weighted by molar-refractivity contribution is 5.70. The molecule has 0 bridgehead atoms. The summed E-state index contributed by atoms with van der Waals surface area (Å²) in [4.78, 5) is 11.9. The topological polar surface area (TPSA) is 26.3 Å². The van der Waals surface area contributed by atoms with Gasteiger partial charge in [0.15, 0.2) is 6.54 Å². The number of ether oxygens (including phenoxy) is 1. The van der Waals surface area contributed by atoms with Gasteiger partial charge in [-0.3, -0.25) is 0 Å². The number of benzene rings is 1. The van der Waals surface area contributed by atoms with Crippen molar-refractivity contribution in [2.24, 2.45) is 0 Å². The number of hydrogen-bond donors (Lipinski definition) is 0. The summed E-state index contributed by atoms with van der Waals surface area (Å²) in [6.45, 7) is 5.38. The molecule has 1 heterocycles. The van der Waals surface area contributed by atoms with E-state index in [2.05, 4.69) is 38.2 Å². The van der Waals surface area contributed by atoms with Crippen LogP contribution in [0.25, 0.3) is 0 Å². The second-order valence-electron chi connectivity index (χ2n) is 6.60. The Bertz CT molecular complexity index is 447. The van der Waals surface area contributed by atoms with Crippen LogP contribution in [0.3, 0.4) is 0 Å². The summed E-state index contributed by atoms with van der Waals surface area (Å²) >= 11 is 0. The molecule has 21 heavy (non-hydrogen) atoms. The maximum absolute atomic E-state index is 11.9. The lowest BCUT2D eigenvalue weighted by molar-refractivity contribution is -0.907. The third-order valence-electron chi connectivity index (χ3n) is 4.40. The average molecular weight is 290 g/mol. The Hall–Kier alpha value is -1.35. The van der Waals surface area contributed by atoms with Crippen LogP contribution in [-0.2, 0) is 16.0 Å². The second-order valence-corrected chi connectivity index (χ2v) is 6.60. The lowest BCUT2D eigenvalue weighted by Gasteiger charge is -2.36. The highest BCUT2D eigenvalue weighted by Gasteiger charge is 2.28. The minimum atomic E-state index is -0.0386. The molecule has 0 amide bonds. The molecule has 1 aliphatic heterocycles. The number of aryl methyl sites for hydroxylation is 2. The first kappa shape index (κ1) is 16.0. The van der Waals surface area contributed by atoms with Crippen molar-refractivity contribution in [2.45, 2.75) is 39.0 Å². The fraction of sp³-hybridized carbons (Fsp3) is 0.611. The third-order valence-corrected chi connectivity index (χ3v) is 4.40. The molecule has 0 aliphatic carbocycles. The van der Waals surface area contributed by atoms with Crippen molar-refractivity contribution in [3.63, 3.8) is 0 Å². The smallest absolute Gasteiger partial charge is 0.361 e. The molecule has 3 heteroatoms. The molecule has 0 unspecified atom stereocenters. The molecular formula is C18H28NO2+. The van der Waals surface area contributed by atoms with Crippen molar-refractivity contribution in [3.8, 4) is 0 Å². The normalized spacial score (nSPS) is 17.4. The maximum atomic E-state index is 11.9. The molecule has 0 spiro atoms. The van der Waals surface area contributed by atoms with Crippen molar-refractivity contribution in [1.29, 1.82) is 0 Å². The maximum Gasteiger partial charge on any atom is 0.361 e. The van der Waals surface area contributed by atoms with Crippen LogP contribution in [0.1, 0.15) is 36.8 Å². The van der Waals surface area contributed by atoms with Gasteiger partial charge in [-0.05, 0) is 44.6 Å². The van der Waals surface area contributed by atoms with Gasteiger partial charge in [-0.25, -0.2) is 4.79 Å². The van der Waals surface area contributed by atoms with E-state index in [4.69, 9.17) is 4.74 Å². The highest BCUT2D eigenvalue weighted by Crippen LogP contribution is 2.16. The Kier molecular flexibility index (Phi) is 5.80. The van der Waals surface area contributed by atoms with Gasteiger partial charge in [0.1, 0.15) is 0 Å². The van der Waals surface area contributed by atoms with Crippen LogP contribution >= 0.6 is 0 Å². The van der Waals surface area contributed by atoms with Crippen LogP contribution in [0.5, 0.6) is 0 Å². The van der Waals surface area contributed by atoms with Crippen LogP contribution in [0.2, 0.25) is 0 Å². The van der Waals surface area contributed by atoms with Crippen LogP contribution in [0, 0.1) is 6.92 Å². The Balaban J connectivity index is 1.64. The van der Waals surface area contributed by atoms with Gasteiger partial charge >= 0.3 is 5.97 Å². The number of carbonyl (C=O) groups is 1. The predicted molar refractivity (Wildman–Crippen MR) is 85.1 cm³/mol. The summed E-state index contributed by atoms with van der Waals surface area (Å²) < 4.78 is 6.26. The molecule has 1 fully saturated rings. The van der Waals surface area contributed by atoms with Crippen molar-refractivity contribution in [3.05, 3.63) is 35.4 Å². The first-order valence-corrected chi connectivity index (χ1v) is 8.12. The van der Waals surface area contributed by atoms with E-state index >= 15 is 0 Å². The van der Waals surface area contributed by atoms with E-state index in [1.807, 2.05) is 0 Å². The lowest BCUT2D eigenvalue weighted by Crippen LogP contribution is -2.51. The standard InChI is InChI=1S/C18H28NO2/c1-16-8-10-17(11-9-16)7-6-14-21-18(20)15-19(2)12-4-3-5-13-19/h8-11H,3-7,12-15H2,1-2H3/q+1. The Morgan fingerprint density at radius 3 is 2.48 bits per heavy atom. The Morgan fingerprint density at radius 2 is 1.81 bits per heavy atom. The summed E-state index contributed by atoms with van der Waals surface area (Å²) in [6.07, 6.45) is 5.64. The number of esters is 1. The van der Waals surface area contributed by atoms with Gasteiger partial charge in [-0.1, -0.05) is 29.8 Å². The molecule has 2 rings (SSSR count). The molecule has 1 aromatic rings. The van der Waals surface area contributed by atoms with E-state index in [9.17, 15) is 4.79 Å². The summed E-state index contributed by atoms with van der Waals surface area (Å²) in [5.74, 6) is -0.0386. The average Bonchev–Trinajstić information content (AvgIpc) is 2.46. The number of rotatable bonds is 6. The molecule has 0 atom stereocenters. The van der Waals surface area contributed by atoms with E-state index in [0.29, 0.717) is 13.2 Å². The van der Waals surface area contributed by atoms with Gasteiger partial charge in [0, 0.05) is 0 Å². The Labute approximate surface area is 128 Å². The second kappa shape index (κ2) is 7.60. The molecule has 116 valence electrons. The number of nitrogens with zero attached hydrogens (tertiary/aromatic N) is 1. The third kappa shape index (κ3) is 5.50. The van der Waals surface area contributed by atoms with E-state index in [1.54, 1.807) is 0 Å². The number of quaternary nitrogens is 1. The number of piperidine rings is 1. The molecule has 0 saturated carbocycles. The SMILES string of the molecule is Cc1ccc(CCCOC(=O)C[N+]2(C)CCCCC2)cc1. The fourth-order valence-electron chi connectivity index (χ4n) is 3.01. The van der Waals surface area contributed by atoms with E-state index in [1.165, 1.54) is 30.4 Å². The largest absolute Gasteiger partial charge is 0.462 e. The van der Waals surface area contributed by atoms with Gasteiger partial charge in [0.05, 0.1) is 26.7 Å². The van der Waals surface area contributed by atoms with Crippen LogP contribution in [-0.4, -0.2) is 43.7 Å². The summed E-state index contributed by atoms with van der Waals surface area (Å²) in [5.41, 5.74) is 2.59. The number of likely N-dealkylation sites (N-methyl/N-ethyl adjacent to an activating group) is 1. The number of likely N-dealkylation sites (tertiary alicyclic amines) is 1.